The molecule has 0 fully saturated rings. The number of hydrogen-bond acceptors (Lipinski definition) is 3. The fourth-order valence-electron chi connectivity index (χ4n) is 1.41. The Morgan fingerprint density at radius 2 is 2.12 bits per heavy atom. The molecule has 17 heavy (non-hydrogen) atoms. The second-order valence-electron chi connectivity index (χ2n) is 3.20. The van der Waals surface area contributed by atoms with Crippen molar-refractivity contribution in [1.82, 2.24) is 0 Å². The summed E-state index contributed by atoms with van der Waals surface area (Å²) in [5.41, 5.74) is 0.268. The predicted octanol–water partition coefficient (Wildman–Crippen LogP) is 3.13. The number of alkyl halides is 1. The summed E-state index contributed by atoms with van der Waals surface area (Å²) in [6.45, 7) is 0. The van der Waals surface area contributed by atoms with Gasteiger partial charge in [0.25, 0.3) is 0 Å². The van der Waals surface area contributed by atoms with E-state index in [0.717, 1.165) is 10.3 Å². The maximum absolute atomic E-state index is 11.4. The van der Waals surface area contributed by atoms with Crippen molar-refractivity contribution < 1.29 is 4.42 Å². The summed E-state index contributed by atoms with van der Waals surface area (Å²) in [5.74, 6) is 6.63. The molecule has 0 atom stereocenters. The lowest BCUT2D eigenvalue weighted by molar-refractivity contribution is 0.557. The zero-order valence-corrected chi connectivity index (χ0v) is 10.5. The van der Waals surface area contributed by atoms with E-state index in [4.69, 9.17) is 16.0 Å². The van der Waals surface area contributed by atoms with Gasteiger partial charge in [0, 0.05) is 16.3 Å². The molecule has 0 unspecified atom stereocenters. The largest absolute Gasteiger partial charge is 0.423 e. The highest BCUT2D eigenvalue weighted by Crippen LogP contribution is 2.25. The molecule has 2 rings (SSSR count). The van der Waals surface area contributed by atoms with Gasteiger partial charge in [-0.3, -0.25) is 0 Å². The number of para-hydroxylation sites is 1. The normalized spacial score (nSPS) is 9.94. The van der Waals surface area contributed by atoms with Crippen LogP contribution in [0, 0.1) is 11.8 Å². The molecule has 0 saturated heterocycles. The minimum absolute atomic E-state index is 0.332. The van der Waals surface area contributed by atoms with Gasteiger partial charge in [-0.15, -0.1) is 23.4 Å². The summed E-state index contributed by atoms with van der Waals surface area (Å²) in [5, 5.41) is 0.935. The number of benzene rings is 1. The number of fused-ring (bicyclic) bond motifs is 1. The average molecular weight is 265 g/mol. The van der Waals surface area contributed by atoms with Crippen molar-refractivity contribution in [3.8, 4) is 11.8 Å². The first kappa shape index (κ1) is 12.1. The Balaban J connectivity index is 2.35. The van der Waals surface area contributed by atoms with E-state index >= 15 is 0 Å². The molecule has 1 aromatic heterocycles. The number of thioether (sulfide) groups is 1. The van der Waals surface area contributed by atoms with Crippen LogP contribution in [0.2, 0.25) is 0 Å². The molecule has 2 aromatic rings. The van der Waals surface area contributed by atoms with E-state index in [0.29, 0.717) is 17.2 Å². The van der Waals surface area contributed by atoms with Gasteiger partial charge in [0.15, 0.2) is 0 Å². The Morgan fingerprint density at radius 3 is 2.94 bits per heavy atom. The van der Waals surface area contributed by atoms with Gasteiger partial charge >= 0.3 is 5.63 Å². The second-order valence-corrected chi connectivity index (χ2v) is 4.49. The van der Waals surface area contributed by atoms with Crippen molar-refractivity contribution in [2.24, 2.45) is 0 Å². The van der Waals surface area contributed by atoms with E-state index in [1.54, 1.807) is 6.07 Å². The molecule has 1 aromatic carbocycles. The van der Waals surface area contributed by atoms with Crippen LogP contribution in [-0.2, 0) is 0 Å². The molecule has 0 amide bonds. The lowest BCUT2D eigenvalue weighted by Crippen LogP contribution is -1.97. The van der Waals surface area contributed by atoms with Gasteiger partial charge in [-0.25, -0.2) is 4.79 Å². The van der Waals surface area contributed by atoms with Crippen molar-refractivity contribution in [3.05, 3.63) is 40.8 Å². The van der Waals surface area contributed by atoms with E-state index in [1.165, 1.54) is 17.8 Å². The summed E-state index contributed by atoms with van der Waals surface area (Å²) < 4.78 is 5.10. The van der Waals surface area contributed by atoms with Crippen molar-refractivity contribution in [2.75, 3.05) is 11.6 Å². The van der Waals surface area contributed by atoms with Crippen molar-refractivity contribution in [3.63, 3.8) is 0 Å². The van der Waals surface area contributed by atoms with Crippen LogP contribution in [0.5, 0.6) is 0 Å². The summed E-state index contributed by atoms with van der Waals surface area (Å²) in [6, 6.07) is 8.96. The van der Waals surface area contributed by atoms with Crippen LogP contribution in [-0.4, -0.2) is 11.6 Å². The van der Waals surface area contributed by atoms with Crippen molar-refractivity contribution in [1.29, 1.82) is 0 Å². The molecule has 0 bridgehead atoms. The van der Waals surface area contributed by atoms with E-state index < -0.39 is 0 Å². The standard InChI is InChI=1S/C13H9ClO2S/c14-7-3-4-8-17-12-9-13(15)16-11-6-2-1-5-10(11)12/h1-2,5-6,9H,7-8H2. The Kier molecular flexibility index (Phi) is 4.13. The quantitative estimate of drug-likeness (QED) is 0.361. The predicted molar refractivity (Wildman–Crippen MR) is 71.7 cm³/mol. The SMILES string of the molecule is O=c1cc(SCC#CCCl)c2ccccc2o1. The zero-order valence-electron chi connectivity index (χ0n) is 8.90. The molecular formula is C13H9ClO2S. The second kappa shape index (κ2) is 5.81. The number of halogens is 1. The highest BCUT2D eigenvalue weighted by atomic mass is 35.5. The van der Waals surface area contributed by atoms with E-state index in [2.05, 4.69) is 11.8 Å². The van der Waals surface area contributed by atoms with E-state index in [-0.39, 0.29) is 5.63 Å². The van der Waals surface area contributed by atoms with Gasteiger partial charge in [0.1, 0.15) is 5.58 Å². The average Bonchev–Trinajstić information content (AvgIpc) is 2.34. The molecule has 1 heterocycles. The van der Waals surface area contributed by atoms with Crippen LogP contribution in [0.25, 0.3) is 11.0 Å². The molecular weight excluding hydrogens is 256 g/mol. The molecule has 0 saturated carbocycles. The minimum Gasteiger partial charge on any atom is -0.423 e. The maximum Gasteiger partial charge on any atom is 0.337 e. The van der Waals surface area contributed by atoms with E-state index in [9.17, 15) is 4.79 Å². The number of rotatable bonds is 2. The molecule has 0 aliphatic rings. The van der Waals surface area contributed by atoms with E-state index in [1.807, 2.05) is 18.2 Å². The Hall–Kier alpha value is -1.37. The molecule has 0 spiro atoms. The molecule has 0 N–H and O–H groups in total. The zero-order chi connectivity index (χ0) is 12.1. The van der Waals surface area contributed by atoms with Crippen LogP contribution < -0.4 is 5.63 Å². The fraction of sp³-hybridized carbons (Fsp3) is 0.154. The van der Waals surface area contributed by atoms with Crippen LogP contribution >= 0.6 is 23.4 Å². The van der Waals surface area contributed by atoms with Crippen LogP contribution in [0.1, 0.15) is 0 Å². The summed E-state index contributed by atoms with van der Waals surface area (Å²) in [7, 11) is 0. The Bertz CT molecular complexity index is 637. The minimum atomic E-state index is -0.337. The van der Waals surface area contributed by atoms with Gasteiger partial charge in [-0.2, -0.15) is 0 Å². The first-order chi connectivity index (χ1) is 8.31. The lowest BCUT2D eigenvalue weighted by atomic mass is 10.2. The maximum atomic E-state index is 11.4. The number of hydrogen-bond donors (Lipinski definition) is 0. The van der Waals surface area contributed by atoms with Crippen molar-refractivity contribution in [2.45, 2.75) is 4.90 Å². The van der Waals surface area contributed by atoms with Gasteiger partial charge < -0.3 is 4.42 Å². The molecule has 2 nitrogen and oxygen atoms in total. The lowest BCUT2D eigenvalue weighted by Gasteiger charge is -2.01. The summed E-state index contributed by atoms with van der Waals surface area (Å²) in [6.07, 6.45) is 0. The van der Waals surface area contributed by atoms with Gasteiger partial charge in [-0.1, -0.05) is 30.0 Å². The Labute approximate surface area is 108 Å². The van der Waals surface area contributed by atoms with Crippen LogP contribution in [0.3, 0.4) is 0 Å². The monoisotopic (exact) mass is 264 g/mol. The first-order valence-corrected chi connectivity index (χ1v) is 6.50. The fourth-order valence-corrected chi connectivity index (χ4v) is 2.34. The van der Waals surface area contributed by atoms with Crippen LogP contribution in [0.15, 0.2) is 44.4 Å². The topological polar surface area (TPSA) is 30.2 Å². The molecule has 0 aliphatic carbocycles. The first-order valence-electron chi connectivity index (χ1n) is 4.98. The highest BCUT2D eigenvalue weighted by molar-refractivity contribution is 7.99. The Morgan fingerprint density at radius 1 is 1.29 bits per heavy atom. The van der Waals surface area contributed by atoms with Crippen molar-refractivity contribution >= 4 is 34.3 Å². The molecule has 0 radical (unpaired) electrons. The summed E-state index contributed by atoms with van der Waals surface area (Å²) in [4.78, 5) is 12.2. The third-order valence-electron chi connectivity index (χ3n) is 2.10. The van der Waals surface area contributed by atoms with Gasteiger partial charge in [0.05, 0.1) is 11.6 Å². The third kappa shape index (κ3) is 3.06. The smallest absolute Gasteiger partial charge is 0.337 e. The van der Waals surface area contributed by atoms with Gasteiger partial charge in [-0.05, 0) is 6.07 Å². The third-order valence-corrected chi connectivity index (χ3v) is 3.17. The molecule has 0 aliphatic heterocycles. The molecule has 4 heteroatoms. The molecule has 86 valence electrons. The highest BCUT2D eigenvalue weighted by Gasteiger charge is 2.04. The summed E-state index contributed by atoms with van der Waals surface area (Å²) >= 11 is 6.97. The van der Waals surface area contributed by atoms with Crippen LogP contribution in [0.4, 0.5) is 0 Å². The van der Waals surface area contributed by atoms with Gasteiger partial charge in [0.2, 0.25) is 0 Å².